The first-order chi connectivity index (χ1) is 9.28. The second kappa shape index (κ2) is 7.26. The van der Waals surface area contributed by atoms with Crippen LogP contribution in [0.3, 0.4) is 0 Å². The molecule has 2 rings (SSSR count). The van der Waals surface area contributed by atoms with E-state index in [2.05, 4.69) is 10.6 Å². The normalized spacial score (nSPS) is 16.1. The van der Waals surface area contributed by atoms with Crippen molar-refractivity contribution in [1.82, 2.24) is 10.6 Å². The molecule has 0 spiro atoms. The summed E-state index contributed by atoms with van der Waals surface area (Å²) in [6, 6.07) is 9.67. The van der Waals surface area contributed by atoms with Gasteiger partial charge < -0.3 is 15.7 Å². The molecule has 1 aromatic carbocycles. The van der Waals surface area contributed by atoms with Gasteiger partial charge in [-0.1, -0.05) is 30.3 Å². The molecule has 0 saturated heterocycles. The lowest BCUT2D eigenvalue weighted by Crippen LogP contribution is -2.43. The maximum atomic E-state index is 11.7. The summed E-state index contributed by atoms with van der Waals surface area (Å²) in [7, 11) is 0. The Morgan fingerprint density at radius 3 is 2.68 bits per heavy atom. The van der Waals surface area contributed by atoms with E-state index in [4.69, 9.17) is 0 Å². The summed E-state index contributed by atoms with van der Waals surface area (Å²) in [4.78, 5) is 11.7. The highest BCUT2D eigenvalue weighted by molar-refractivity contribution is 5.78. The van der Waals surface area contributed by atoms with Crippen LogP contribution in [0.2, 0.25) is 0 Å². The van der Waals surface area contributed by atoms with Crippen LogP contribution in [0.4, 0.5) is 0 Å². The van der Waals surface area contributed by atoms with Gasteiger partial charge in [-0.05, 0) is 37.3 Å². The Hall–Kier alpha value is -1.39. The minimum atomic E-state index is -0.211. The Bertz CT molecular complexity index is 390. The molecule has 0 radical (unpaired) electrons. The predicted molar refractivity (Wildman–Crippen MR) is 74.8 cm³/mol. The second-order valence-electron chi connectivity index (χ2n) is 5.21. The van der Waals surface area contributed by atoms with E-state index < -0.39 is 0 Å². The van der Waals surface area contributed by atoms with Crippen LogP contribution in [0, 0.1) is 5.92 Å². The topological polar surface area (TPSA) is 61.4 Å². The van der Waals surface area contributed by atoms with Crippen LogP contribution in [-0.4, -0.2) is 36.8 Å². The van der Waals surface area contributed by atoms with Crippen LogP contribution in [0.1, 0.15) is 18.4 Å². The smallest absolute Gasteiger partial charge is 0.234 e. The van der Waals surface area contributed by atoms with Gasteiger partial charge in [-0.25, -0.2) is 0 Å². The SMILES string of the molecule is O=C(CNCC1CC1)N[C@H](CO)Cc1ccccc1. The Labute approximate surface area is 114 Å². The fourth-order valence-corrected chi connectivity index (χ4v) is 2.05. The molecule has 1 amide bonds. The van der Waals surface area contributed by atoms with E-state index in [0.29, 0.717) is 13.0 Å². The number of nitrogens with one attached hydrogen (secondary N) is 2. The van der Waals surface area contributed by atoms with E-state index in [0.717, 1.165) is 18.0 Å². The van der Waals surface area contributed by atoms with Gasteiger partial charge in [-0.2, -0.15) is 0 Å². The summed E-state index contributed by atoms with van der Waals surface area (Å²) in [6.07, 6.45) is 3.22. The second-order valence-corrected chi connectivity index (χ2v) is 5.21. The average Bonchev–Trinajstić information content (AvgIpc) is 3.23. The molecule has 1 atom stereocenters. The number of hydrogen-bond acceptors (Lipinski definition) is 3. The van der Waals surface area contributed by atoms with Gasteiger partial charge in [0.05, 0.1) is 19.2 Å². The number of aliphatic hydroxyl groups excluding tert-OH is 1. The summed E-state index contributed by atoms with van der Waals surface area (Å²) in [5, 5.41) is 15.3. The Balaban J connectivity index is 1.69. The third kappa shape index (κ3) is 5.41. The molecule has 19 heavy (non-hydrogen) atoms. The minimum Gasteiger partial charge on any atom is -0.394 e. The molecule has 0 heterocycles. The first-order valence-electron chi connectivity index (χ1n) is 6.93. The Morgan fingerprint density at radius 1 is 1.32 bits per heavy atom. The third-order valence-electron chi connectivity index (χ3n) is 3.33. The van der Waals surface area contributed by atoms with Crippen molar-refractivity contribution >= 4 is 5.91 Å². The lowest BCUT2D eigenvalue weighted by molar-refractivity contribution is -0.121. The molecule has 1 saturated carbocycles. The Kier molecular flexibility index (Phi) is 5.36. The largest absolute Gasteiger partial charge is 0.394 e. The number of carbonyl (C=O) groups is 1. The summed E-state index contributed by atoms with van der Waals surface area (Å²) >= 11 is 0. The van der Waals surface area contributed by atoms with E-state index in [1.807, 2.05) is 30.3 Å². The molecule has 104 valence electrons. The zero-order valence-electron chi connectivity index (χ0n) is 11.1. The molecule has 4 heteroatoms. The number of aliphatic hydroxyl groups is 1. The number of rotatable bonds is 8. The zero-order valence-corrected chi connectivity index (χ0v) is 11.1. The maximum absolute atomic E-state index is 11.7. The van der Waals surface area contributed by atoms with Crippen LogP contribution in [0.15, 0.2) is 30.3 Å². The molecule has 1 aromatic rings. The highest BCUT2D eigenvalue weighted by Crippen LogP contribution is 2.27. The van der Waals surface area contributed by atoms with Gasteiger partial charge >= 0.3 is 0 Å². The molecule has 0 aliphatic heterocycles. The number of amides is 1. The van der Waals surface area contributed by atoms with Crippen molar-refractivity contribution in [3.8, 4) is 0 Å². The van der Waals surface area contributed by atoms with Crippen molar-refractivity contribution in [2.45, 2.75) is 25.3 Å². The molecule has 0 bridgehead atoms. The summed E-state index contributed by atoms with van der Waals surface area (Å²) in [5.74, 6) is 0.724. The van der Waals surface area contributed by atoms with Gasteiger partial charge in [-0.3, -0.25) is 4.79 Å². The fraction of sp³-hybridized carbons (Fsp3) is 0.533. The molecule has 4 nitrogen and oxygen atoms in total. The van der Waals surface area contributed by atoms with E-state index in [-0.39, 0.29) is 18.6 Å². The lowest BCUT2D eigenvalue weighted by Gasteiger charge is -2.16. The lowest BCUT2D eigenvalue weighted by atomic mass is 10.1. The zero-order chi connectivity index (χ0) is 13.5. The van der Waals surface area contributed by atoms with Crippen LogP contribution < -0.4 is 10.6 Å². The van der Waals surface area contributed by atoms with Crippen LogP contribution in [0.25, 0.3) is 0 Å². The van der Waals surface area contributed by atoms with Crippen LogP contribution in [-0.2, 0) is 11.2 Å². The van der Waals surface area contributed by atoms with E-state index >= 15 is 0 Å². The van der Waals surface area contributed by atoms with E-state index in [9.17, 15) is 9.90 Å². The highest BCUT2D eigenvalue weighted by Gasteiger charge is 2.20. The van der Waals surface area contributed by atoms with Gasteiger partial charge in [0.2, 0.25) is 5.91 Å². The van der Waals surface area contributed by atoms with Gasteiger partial charge in [-0.15, -0.1) is 0 Å². The average molecular weight is 262 g/mol. The van der Waals surface area contributed by atoms with E-state index in [1.54, 1.807) is 0 Å². The number of benzene rings is 1. The van der Waals surface area contributed by atoms with Crippen molar-refractivity contribution in [2.75, 3.05) is 19.7 Å². The quantitative estimate of drug-likeness (QED) is 0.646. The highest BCUT2D eigenvalue weighted by atomic mass is 16.3. The van der Waals surface area contributed by atoms with Crippen molar-refractivity contribution in [3.05, 3.63) is 35.9 Å². The van der Waals surface area contributed by atoms with Crippen LogP contribution >= 0.6 is 0 Å². The molecule has 0 unspecified atom stereocenters. The molecule has 0 aromatic heterocycles. The van der Waals surface area contributed by atoms with Crippen molar-refractivity contribution in [1.29, 1.82) is 0 Å². The Morgan fingerprint density at radius 2 is 2.05 bits per heavy atom. The van der Waals surface area contributed by atoms with Crippen molar-refractivity contribution in [3.63, 3.8) is 0 Å². The molecule has 1 fully saturated rings. The summed E-state index contributed by atoms with van der Waals surface area (Å²) in [5.41, 5.74) is 1.12. The van der Waals surface area contributed by atoms with Crippen LogP contribution in [0.5, 0.6) is 0 Å². The molecule has 1 aliphatic rings. The summed E-state index contributed by atoms with van der Waals surface area (Å²) in [6.45, 7) is 1.22. The molecule has 1 aliphatic carbocycles. The van der Waals surface area contributed by atoms with Gasteiger partial charge in [0.15, 0.2) is 0 Å². The monoisotopic (exact) mass is 262 g/mol. The van der Waals surface area contributed by atoms with E-state index in [1.165, 1.54) is 12.8 Å². The minimum absolute atomic E-state index is 0.0384. The predicted octanol–water partition coefficient (Wildman–Crippen LogP) is 0.706. The van der Waals surface area contributed by atoms with Gasteiger partial charge in [0, 0.05) is 0 Å². The van der Waals surface area contributed by atoms with Crippen molar-refractivity contribution in [2.24, 2.45) is 5.92 Å². The van der Waals surface area contributed by atoms with Gasteiger partial charge in [0.25, 0.3) is 0 Å². The number of carbonyl (C=O) groups excluding carboxylic acids is 1. The molecular weight excluding hydrogens is 240 g/mol. The fourth-order valence-electron chi connectivity index (χ4n) is 2.05. The van der Waals surface area contributed by atoms with Crippen molar-refractivity contribution < 1.29 is 9.90 Å². The summed E-state index contributed by atoms with van der Waals surface area (Å²) < 4.78 is 0. The standard InChI is InChI=1S/C15H22N2O2/c18-11-14(8-12-4-2-1-3-5-12)17-15(19)10-16-9-13-6-7-13/h1-5,13-14,16,18H,6-11H2,(H,17,19)/t14-/m0/s1. The first kappa shape index (κ1) is 14.0. The third-order valence-corrected chi connectivity index (χ3v) is 3.33. The molecule has 3 N–H and O–H groups in total. The number of hydrogen-bond donors (Lipinski definition) is 3. The molecular formula is C15H22N2O2. The first-order valence-corrected chi connectivity index (χ1v) is 6.93. The van der Waals surface area contributed by atoms with Gasteiger partial charge in [0.1, 0.15) is 0 Å². The maximum Gasteiger partial charge on any atom is 0.234 e.